The Morgan fingerprint density at radius 1 is 0.757 bits per heavy atom. The molecule has 37 heavy (non-hydrogen) atoms. The number of hydrogen-bond acceptors (Lipinski definition) is 7. The molecule has 0 spiro atoms. The molecule has 0 bridgehead atoms. The fourth-order valence-corrected chi connectivity index (χ4v) is 7.47. The molecule has 7 nitrogen and oxygen atoms in total. The first-order chi connectivity index (χ1) is 17.6. The summed E-state index contributed by atoms with van der Waals surface area (Å²) in [7, 11) is 1.40. The Kier molecular flexibility index (Phi) is 10.8. The molecule has 0 aromatic heterocycles. The summed E-state index contributed by atoms with van der Waals surface area (Å²) in [5.74, 6) is 0.674. The molecular formula is C29H41O7P. The highest BCUT2D eigenvalue weighted by molar-refractivity contribution is 7.95. The van der Waals surface area contributed by atoms with Crippen LogP contribution in [-0.4, -0.2) is 45.6 Å². The highest BCUT2D eigenvalue weighted by atomic mass is 31.2. The number of ether oxygens (including phenoxy) is 4. The van der Waals surface area contributed by atoms with E-state index in [1.807, 2.05) is 6.92 Å². The molecule has 0 heterocycles. The van der Waals surface area contributed by atoms with Gasteiger partial charge in [0.1, 0.15) is 34.1 Å². The summed E-state index contributed by atoms with van der Waals surface area (Å²) in [4.78, 5) is 28.5. The Hall–Kier alpha value is -2.79. The largest absolute Gasteiger partial charge is 0.496 e. The van der Waals surface area contributed by atoms with E-state index in [-0.39, 0.29) is 51.6 Å². The number of carbonyl (C=O) groups excluding carboxylic acids is 2. The van der Waals surface area contributed by atoms with Gasteiger partial charge in [-0.15, -0.1) is 0 Å². The minimum absolute atomic E-state index is 0.00152. The number of methoxy groups -OCH3 is 4. The van der Waals surface area contributed by atoms with Crippen LogP contribution < -0.4 is 18.9 Å². The van der Waals surface area contributed by atoms with Crippen LogP contribution in [0.25, 0.3) is 0 Å². The van der Waals surface area contributed by atoms with Gasteiger partial charge < -0.3 is 23.5 Å². The Bertz CT molecular complexity index is 1020. The molecule has 0 aliphatic rings. The van der Waals surface area contributed by atoms with Gasteiger partial charge in [-0.1, -0.05) is 59.1 Å². The summed E-state index contributed by atoms with van der Waals surface area (Å²) < 4.78 is 36.8. The summed E-state index contributed by atoms with van der Waals surface area (Å²) in [5.41, 5.74) is -1.56. The predicted octanol–water partition coefficient (Wildman–Crippen LogP) is 7.31. The number of hydrogen-bond donors (Lipinski definition) is 0. The number of carbonyl (C=O) groups is 2. The van der Waals surface area contributed by atoms with E-state index in [1.54, 1.807) is 36.4 Å². The molecular weight excluding hydrogens is 491 g/mol. The average molecular weight is 533 g/mol. The van der Waals surface area contributed by atoms with Crippen molar-refractivity contribution in [1.29, 1.82) is 0 Å². The average Bonchev–Trinajstić information content (AvgIpc) is 2.94. The van der Waals surface area contributed by atoms with Gasteiger partial charge >= 0.3 is 0 Å². The summed E-state index contributed by atoms with van der Waals surface area (Å²) in [6.45, 7) is 8.46. The molecule has 0 aliphatic heterocycles. The quantitative estimate of drug-likeness (QED) is 0.222. The summed E-state index contributed by atoms with van der Waals surface area (Å²) in [6.07, 6.45) is 3.22. The van der Waals surface area contributed by atoms with Crippen LogP contribution in [0.3, 0.4) is 0 Å². The monoisotopic (exact) mass is 532 g/mol. The molecule has 0 N–H and O–H groups in total. The van der Waals surface area contributed by atoms with Gasteiger partial charge in [-0.05, 0) is 42.0 Å². The maximum absolute atomic E-state index is 15.0. The molecule has 204 valence electrons. The normalized spacial score (nSPS) is 12.5. The molecule has 1 atom stereocenters. The summed E-state index contributed by atoms with van der Waals surface area (Å²) >= 11 is 0. The van der Waals surface area contributed by atoms with Crippen molar-refractivity contribution in [2.24, 2.45) is 11.3 Å². The maximum atomic E-state index is 15.0. The van der Waals surface area contributed by atoms with E-state index >= 15 is 0 Å². The second-order valence-corrected chi connectivity index (χ2v) is 12.3. The molecule has 0 amide bonds. The lowest BCUT2D eigenvalue weighted by Gasteiger charge is -2.32. The smallest absolute Gasteiger partial charge is 0.236 e. The van der Waals surface area contributed by atoms with E-state index in [4.69, 9.17) is 18.9 Å². The fourth-order valence-electron chi connectivity index (χ4n) is 4.68. The molecule has 2 aromatic rings. The van der Waals surface area contributed by atoms with Gasteiger partial charge in [0.15, 0.2) is 0 Å². The molecule has 0 radical (unpaired) electrons. The van der Waals surface area contributed by atoms with E-state index < -0.39 is 18.2 Å². The molecule has 1 unspecified atom stereocenters. The van der Waals surface area contributed by atoms with Gasteiger partial charge in [-0.3, -0.25) is 9.59 Å². The highest BCUT2D eigenvalue weighted by Gasteiger charge is 2.47. The number of rotatable bonds is 15. The molecule has 2 aromatic carbocycles. The molecule has 8 heteroatoms. The van der Waals surface area contributed by atoms with Crippen LogP contribution in [0.5, 0.6) is 23.0 Å². The zero-order valence-corrected chi connectivity index (χ0v) is 24.3. The predicted molar refractivity (Wildman–Crippen MR) is 147 cm³/mol. The molecule has 2 rings (SSSR count). The zero-order valence-electron chi connectivity index (χ0n) is 23.4. The first-order valence-corrected chi connectivity index (χ1v) is 14.6. The van der Waals surface area contributed by atoms with Gasteiger partial charge in [0.25, 0.3) is 0 Å². The number of benzene rings is 2. The van der Waals surface area contributed by atoms with Gasteiger partial charge in [0.05, 0.1) is 28.4 Å². The van der Waals surface area contributed by atoms with Crippen molar-refractivity contribution < 1.29 is 33.1 Å². The van der Waals surface area contributed by atoms with Crippen molar-refractivity contribution in [1.82, 2.24) is 0 Å². The van der Waals surface area contributed by atoms with Crippen molar-refractivity contribution in [2.45, 2.75) is 53.4 Å². The lowest BCUT2D eigenvalue weighted by molar-refractivity contribution is 0.102. The second kappa shape index (κ2) is 13.1. The molecule has 0 saturated carbocycles. The van der Waals surface area contributed by atoms with Crippen molar-refractivity contribution in [2.75, 3.05) is 34.6 Å². The van der Waals surface area contributed by atoms with Crippen molar-refractivity contribution in [3.05, 3.63) is 47.5 Å². The van der Waals surface area contributed by atoms with Crippen LogP contribution in [-0.2, 0) is 4.57 Å². The Balaban J connectivity index is 2.79. The zero-order chi connectivity index (χ0) is 27.8. The van der Waals surface area contributed by atoms with Crippen molar-refractivity contribution >= 4 is 18.2 Å². The third-order valence-corrected chi connectivity index (χ3v) is 10.3. The van der Waals surface area contributed by atoms with Gasteiger partial charge in [-0.25, -0.2) is 0 Å². The van der Waals surface area contributed by atoms with Gasteiger partial charge in [0, 0.05) is 6.16 Å². The first kappa shape index (κ1) is 30.4. The van der Waals surface area contributed by atoms with E-state index in [9.17, 15) is 14.2 Å². The van der Waals surface area contributed by atoms with Crippen LogP contribution in [0.4, 0.5) is 0 Å². The highest BCUT2D eigenvalue weighted by Crippen LogP contribution is 2.58. The van der Waals surface area contributed by atoms with Crippen molar-refractivity contribution in [3.63, 3.8) is 0 Å². The molecule has 0 fully saturated rings. The minimum Gasteiger partial charge on any atom is -0.496 e. The second-order valence-electron chi connectivity index (χ2n) is 9.60. The Morgan fingerprint density at radius 2 is 1.11 bits per heavy atom. The van der Waals surface area contributed by atoms with Crippen LogP contribution >= 0.6 is 7.14 Å². The van der Waals surface area contributed by atoms with Crippen LogP contribution in [0.2, 0.25) is 0 Å². The maximum Gasteiger partial charge on any atom is 0.236 e. The van der Waals surface area contributed by atoms with E-state index in [0.29, 0.717) is 6.42 Å². The Morgan fingerprint density at radius 3 is 1.38 bits per heavy atom. The molecule has 0 saturated heterocycles. The van der Waals surface area contributed by atoms with Gasteiger partial charge in [0.2, 0.25) is 18.2 Å². The summed E-state index contributed by atoms with van der Waals surface area (Å²) in [5, 5.41) is 0. The van der Waals surface area contributed by atoms with E-state index in [2.05, 4.69) is 20.8 Å². The van der Waals surface area contributed by atoms with E-state index in [1.165, 1.54) is 28.4 Å². The lowest BCUT2D eigenvalue weighted by Crippen LogP contribution is -2.25. The minimum atomic E-state index is -4.28. The van der Waals surface area contributed by atoms with Crippen molar-refractivity contribution in [3.8, 4) is 23.0 Å². The third-order valence-electron chi connectivity index (χ3n) is 7.52. The SMILES string of the molecule is CCC(CC(C)(CC)CC)CP(=O)(C(=O)c1c(OC)cccc1OC)C(=O)c1c(OC)cccc1OC. The van der Waals surface area contributed by atoms with E-state index in [0.717, 1.165) is 19.3 Å². The Labute approximate surface area is 221 Å². The van der Waals surface area contributed by atoms with Gasteiger partial charge in [-0.2, -0.15) is 0 Å². The topological polar surface area (TPSA) is 88.1 Å². The van der Waals surface area contributed by atoms with Crippen LogP contribution in [0.1, 0.15) is 74.1 Å². The standard InChI is InChI=1S/C29H41O7P/c1-9-20(18-29(4,10-2)11-3)19-37(32,27(30)25-21(33-5)14-12-15-22(25)34-6)28(31)26-23(35-7)16-13-17-24(26)36-8/h12-17,20H,9-11,18-19H2,1-8H3. The lowest BCUT2D eigenvalue weighted by atomic mass is 9.76. The molecule has 0 aliphatic carbocycles. The van der Waals surface area contributed by atoms with Crippen LogP contribution in [0, 0.1) is 11.3 Å². The third kappa shape index (κ3) is 6.38. The first-order valence-electron chi connectivity index (χ1n) is 12.7. The fraction of sp³-hybridized carbons (Fsp3) is 0.517. The summed E-state index contributed by atoms with van der Waals surface area (Å²) in [6, 6.07) is 9.72. The van der Waals surface area contributed by atoms with Crippen LogP contribution in [0.15, 0.2) is 36.4 Å².